The van der Waals surface area contributed by atoms with Gasteiger partial charge in [0.2, 0.25) is 0 Å². The molecule has 0 aromatic rings. The maximum Gasteiger partial charge on any atom is 0.317 e. The summed E-state index contributed by atoms with van der Waals surface area (Å²) in [4.78, 5) is 17.0. The van der Waals surface area contributed by atoms with Gasteiger partial charge in [-0.05, 0) is 44.9 Å². The zero-order valence-electron chi connectivity index (χ0n) is 17.1. The number of aliphatic hydroxyl groups is 1. The second-order valence-corrected chi connectivity index (χ2v) is 8.99. The second kappa shape index (κ2) is 9.74. The number of rotatable bonds is 4. The SMILES string of the molecule is O=C(NC1CCN(C2CCCCC2O)CC1)N1CCC(OC2CCOC2)CC1. The van der Waals surface area contributed by atoms with Gasteiger partial charge in [-0.25, -0.2) is 4.79 Å². The molecule has 0 aromatic heterocycles. The van der Waals surface area contributed by atoms with E-state index in [1.54, 1.807) is 0 Å². The number of piperidine rings is 2. The lowest BCUT2D eigenvalue weighted by atomic mass is 9.89. The maximum absolute atomic E-state index is 12.7. The van der Waals surface area contributed by atoms with Gasteiger partial charge in [0.15, 0.2) is 0 Å². The molecular weight excluding hydrogens is 358 g/mol. The number of carbonyl (C=O) groups excluding carboxylic acids is 1. The third-order valence-electron chi connectivity index (χ3n) is 7.02. The summed E-state index contributed by atoms with van der Waals surface area (Å²) in [6.07, 6.45) is 9.58. The number of nitrogens with one attached hydrogen (secondary N) is 1. The van der Waals surface area contributed by atoms with E-state index in [0.717, 1.165) is 90.8 Å². The zero-order valence-corrected chi connectivity index (χ0v) is 17.1. The van der Waals surface area contributed by atoms with Crippen LogP contribution in [0.15, 0.2) is 0 Å². The Kier molecular flexibility index (Phi) is 7.09. The van der Waals surface area contributed by atoms with Crippen LogP contribution in [0.2, 0.25) is 0 Å². The molecule has 3 aliphatic heterocycles. The highest BCUT2D eigenvalue weighted by atomic mass is 16.5. The van der Waals surface area contributed by atoms with Crippen LogP contribution < -0.4 is 5.32 Å². The van der Waals surface area contributed by atoms with Crippen molar-refractivity contribution >= 4 is 6.03 Å². The fourth-order valence-corrected chi connectivity index (χ4v) is 5.25. The molecule has 0 bridgehead atoms. The molecule has 3 atom stereocenters. The minimum atomic E-state index is -0.167. The summed E-state index contributed by atoms with van der Waals surface area (Å²) in [6.45, 7) is 5.04. The lowest BCUT2D eigenvalue weighted by molar-refractivity contribution is -0.0394. The molecule has 4 rings (SSSR count). The number of likely N-dealkylation sites (tertiary alicyclic amines) is 2. The summed E-state index contributed by atoms with van der Waals surface area (Å²) in [5.41, 5.74) is 0. The Labute approximate surface area is 168 Å². The molecule has 4 fully saturated rings. The maximum atomic E-state index is 12.7. The van der Waals surface area contributed by atoms with Gasteiger partial charge in [-0.2, -0.15) is 0 Å². The first-order valence-corrected chi connectivity index (χ1v) is 11.4. The number of amides is 2. The highest BCUT2D eigenvalue weighted by molar-refractivity contribution is 5.74. The Morgan fingerprint density at radius 3 is 2.36 bits per heavy atom. The summed E-state index contributed by atoms with van der Waals surface area (Å²) in [5.74, 6) is 0. The van der Waals surface area contributed by atoms with Crippen molar-refractivity contribution in [3.63, 3.8) is 0 Å². The van der Waals surface area contributed by atoms with Crippen LogP contribution in [0.4, 0.5) is 4.79 Å². The van der Waals surface area contributed by atoms with Crippen LogP contribution >= 0.6 is 0 Å². The normalized spacial score (nSPS) is 33.9. The van der Waals surface area contributed by atoms with E-state index in [-0.39, 0.29) is 30.4 Å². The third kappa shape index (κ3) is 5.17. The Bertz CT molecular complexity index is 498. The Morgan fingerprint density at radius 2 is 1.68 bits per heavy atom. The van der Waals surface area contributed by atoms with E-state index in [2.05, 4.69) is 10.2 Å². The molecule has 3 heterocycles. The Hall–Kier alpha value is -0.890. The average molecular weight is 396 g/mol. The molecule has 7 nitrogen and oxygen atoms in total. The van der Waals surface area contributed by atoms with Gasteiger partial charge >= 0.3 is 6.03 Å². The molecule has 0 radical (unpaired) electrons. The highest BCUT2D eigenvalue weighted by Gasteiger charge is 2.33. The molecule has 2 N–H and O–H groups in total. The molecule has 28 heavy (non-hydrogen) atoms. The molecule has 160 valence electrons. The van der Waals surface area contributed by atoms with Gasteiger partial charge in [0.1, 0.15) is 0 Å². The predicted molar refractivity (Wildman–Crippen MR) is 106 cm³/mol. The molecular formula is C21H37N3O4. The number of carbonyl (C=O) groups is 1. The van der Waals surface area contributed by atoms with Crippen molar-refractivity contribution in [3.8, 4) is 0 Å². The van der Waals surface area contributed by atoms with Crippen LogP contribution in [0.5, 0.6) is 0 Å². The zero-order chi connectivity index (χ0) is 19.3. The van der Waals surface area contributed by atoms with Crippen LogP contribution in [0.3, 0.4) is 0 Å². The van der Waals surface area contributed by atoms with Crippen molar-refractivity contribution in [2.45, 2.75) is 88.2 Å². The lowest BCUT2D eigenvalue weighted by Gasteiger charge is -2.42. The average Bonchev–Trinajstić information content (AvgIpc) is 3.23. The minimum Gasteiger partial charge on any atom is -0.391 e. The van der Waals surface area contributed by atoms with Crippen LogP contribution in [-0.2, 0) is 9.47 Å². The van der Waals surface area contributed by atoms with Gasteiger partial charge in [-0.1, -0.05) is 12.8 Å². The fraction of sp³-hybridized carbons (Fsp3) is 0.952. The van der Waals surface area contributed by atoms with E-state index in [0.29, 0.717) is 6.04 Å². The van der Waals surface area contributed by atoms with E-state index in [4.69, 9.17) is 9.47 Å². The van der Waals surface area contributed by atoms with Gasteiger partial charge in [0.05, 0.1) is 24.9 Å². The van der Waals surface area contributed by atoms with Gasteiger partial charge in [0, 0.05) is 44.9 Å². The molecule has 7 heteroatoms. The molecule has 1 aliphatic carbocycles. The lowest BCUT2D eigenvalue weighted by Crippen LogP contribution is -2.54. The number of urea groups is 1. The van der Waals surface area contributed by atoms with Crippen molar-refractivity contribution in [1.82, 2.24) is 15.1 Å². The van der Waals surface area contributed by atoms with E-state index in [1.807, 2.05) is 4.90 Å². The number of ether oxygens (including phenoxy) is 2. The van der Waals surface area contributed by atoms with E-state index in [9.17, 15) is 9.90 Å². The first-order valence-electron chi connectivity index (χ1n) is 11.4. The van der Waals surface area contributed by atoms with Crippen molar-refractivity contribution in [1.29, 1.82) is 0 Å². The number of nitrogens with zero attached hydrogens (tertiary/aromatic N) is 2. The Morgan fingerprint density at radius 1 is 0.929 bits per heavy atom. The van der Waals surface area contributed by atoms with Gasteiger partial charge < -0.3 is 24.8 Å². The standard InChI is InChI=1S/C21H37N3O4/c25-20-4-2-1-3-19(20)23-10-5-16(6-11-23)22-21(26)24-12-7-17(8-13-24)28-18-9-14-27-15-18/h16-20,25H,1-15H2,(H,22,26). The summed E-state index contributed by atoms with van der Waals surface area (Å²) in [6, 6.07) is 0.669. The second-order valence-electron chi connectivity index (χ2n) is 8.99. The number of hydrogen-bond donors (Lipinski definition) is 2. The molecule has 0 spiro atoms. The largest absolute Gasteiger partial charge is 0.391 e. The predicted octanol–water partition coefficient (Wildman–Crippen LogP) is 1.73. The molecule has 0 aromatic carbocycles. The van der Waals surface area contributed by atoms with Crippen molar-refractivity contribution in [2.24, 2.45) is 0 Å². The highest BCUT2D eigenvalue weighted by Crippen LogP contribution is 2.26. The van der Waals surface area contributed by atoms with Crippen molar-refractivity contribution in [2.75, 3.05) is 39.4 Å². The fourth-order valence-electron chi connectivity index (χ4n) is 5.25. The molecule has 3 unspecified atom stereocenters. The third-order valence-corrected chi connectivity index (χ3v) is 7.02. The van der Waals surface area contributed by atoms with E-state index >= 15 is 0 Å². The smallest absolute Gasteiger partial charge is 0.317 e. The first kappa shape index (κ1) is 20.4. The van der Waals surface area contributed by atoms with Gasteiger partial charge in [0.25, 0.3) is 0 Å². The number of hydrogen-bond acceptors (Lipinski definition) is 5. The molecule has 1 saturated carbocycles. The first-order chi connectivity index (χ1) is 13.7. The van der Waals surface area contributed by atoms with Crippen LogP contribution in [0, 0.1) is 0 Å². The quantitative estimate of drug-likeness (QED) is 0.758. The summed E-state index contributed by atoms with van der Waals surface area (Å²) in [5, 5.41) is 13.5. The molecule has 3 saturated heterocycles. The van der Waals surface area contributed by atoms with E-state index < -0.39 is 0 Å². The van der Waals surface area contributed by atoms with Crippen LogP contribution in [0.1, 0.15) is 57.8 Å². The van der Waals surface area contributed by atoms with E-state index in [1.165, 1.54) is 6.42 Å². The van der Waals surface area contributed by atoms with Gasteiger partial charge in [-0.15, -0.1) is 0 Å². The Balaban J connectivity index is 1.15. The number of aliphatic hydroxyl groups excluding tert-OH is 1. The summed E-state index contributed by atoms with van der Waals surface area (Å²) < 4.78 is 11.5. The minimum absolute atomic E-state index is 0.0822. The van der Waals surface area contributed by atoms with Crippen LogP contribution in [0.25, 0.3) is 0 Å². The topological polar surface area (TPSA) is 74.3 Å². The monoisotopic (exact) mass is 395 g/mol. The summed E-state index contributed by atoms with van der Waals surface area (Å²) in [7, 11) is 0. The van der Waals surface area contributed by atoms with Crippen molar-refractivity contribution in [3.05, 3.63) is 0 Å². The van der Waals surface area contributed by atoms with Crippen LogP contribution in [-0.4, -0.2) is 90.7 Å². The summed E-state index contributed by atoms with van der Waals surface area (Å²) >= 11 is 0. The van der Waals surface area contributed by atoms with Crippen molar-refractivity contribution < 1.29 is 19.4 Å². The molecule has 2 amide bonds. The molecule has 4 aliphatic rings. The van der Waals surface area contributed by atoms with Gasteiger partial charge in [-0.3, -0.25) is 4.90 Å².